The molecule has 4 nitrogen and oxygen atoms in total. The molecule has 1 aromatic heterocycles. The van der Waals surface area contributed by atoms with E-state index in [2.05, 4.69) is 26.2 Å². The van der Waals surface area contributed by atoms with Crippen LogP contribution in [0.15, 0.2) is 16.6 Å². The molecular weight excluding hydrogens is 352 g/mol. The standard InChI is InChI=1S/C12H12BrClN2O2S/c1-12(2,3)18-11(17)16-10-15-9-7(13)4-6(14)5-8(9)19-10/h4-5H,1-3H3,(H,15,16,17). The lowest BCUT2D eigenvalue weighted by atomic mass is 10.2. The van der Waals surface area contributed by atoms with E-state index in [9.17, 15) is 4.79 Å². The van der Waals surface area contributed by atoms with Crippen molar-refractivity contribution in [1.82, 2.24) is 4.98 Å². The molecule has 0 saturated heterocycles. The molecule has 0 radical (unpaired) electrons. The zero-order chi connectivity index (χ0) is 14.2. The van der Waals surface area contributed by atoms with Crippen LogP contribution in [-0.2, 0) is 4.74 Å². The number of anilines is 1. The molecular formula is C12H12BrClN2O2S. The Labute approximate surface area is 128 Å². The summed E-state index contributed by atoms with van der Waals surface area (Å²) in [5.74, 6) is 0. The van der Waals surface area contributed by atoms with Crippen molar-refractivity contribution >= 4 is 60.3 Å². The van der Waals surface area contributed by atoms with Crippen LogP contribution in [-0.4, -0.2) is 16.7 Å². The average molecular weight is 364 g/mol. The second-order valence-electron chi connectivity index (χ2n) is 4.88. The van der Waals surface area contributed by atoms with Crippen molar-refractivity contribution < 1.29 is 9.53 Å². The predicted molar refractivity (Wildman–Crippen MR) is 82.2 cm³/mol. The Morgan fingerprint density at radius 1 is 1.47 bits per heavy atom. The molecule has 0 fully saturated rings. The van der Waals surface area contributed by atoms with Crippen LogP contribution in [0.5, 0.6) is 0 Å². The number of fused-ring (bicyclic) bond motifs is 1. The number of hydrogen-bond acceptors (Lipinski definition) is 4. The van der Waals surface area contributed by atoms with Gasteiger partial charge in [-0.1, -0.05) is 22.9 Å². The van der Waals surface area contributed by atoms with Crippen LogP contribution < -0.4 is 5.32 Å². The van der Waals surface area contributed by atoms with Crippen LogP contribution in [0.4, 0.5) is 9.93 Å². The normalized spacial score (nSPS) is 11.6. The van der Waals surface area contributed by atoms with E-state index in [0.717, 1.165) is 14.7 Å². The van der Waals surface area contributed by atoms with Crippen LogP contribution in [0.25, 0.3) is 10.2 Å². The number of hydrogen-bond donors (Lipinski definition) is 1. The maximum atomic E-state index is 11.7. The third kappa shape index (κ3) is 3.81. The van der Waals surface area contributed by atoms with Gasteiger partial charge in [0.05, 0.1) is 10.2 Å². The predicted octanol–water partition coefficient (Wildman–Crippen LogP) is 5.06. The number of nitrogens with zero attached hydrogens (tertiary/aromatic N) is 1. The summed E-state index contributed by atoms with van der Waals surface area (Å²) in [6, 6.07) is 3.57. The van der Waals surface area contributed by atoms with Crippen molar-refractivity contribution in [3.63, 3.8) is 0 Å². The van der Waals surface area contributed by atoms with E-state index in [-0.39, 0.29) is 0 Å². The third-order valence-electron chi connectivity index (χ3n) is 2.02. The van der Waals surface area contributed by atoms with E-state index in [4.69, 9.17) is 16.3 Å². The van der Waals surface area contributed by atoms with Gasteiger partial charge in [-0.3, -0.25) is 5.32 Å². The SMILES string of the molecule is CC(C)(C)OC(=O)Nc1nc2c(Br)cc(Cl)cc2s1. The fourth-order valence-electron chi connectivity index (χ4n) is 1.40. The van der Waals surface area contributed by atoms with Gasteiger partial charge in [-0.25, -0.2) is 9.78 Å². The van der Waals surface area contributed by atoms with Gasteiger partial charge < -0.3 is 4.74 Å². The fourth-order valence-corrected chi connectivity index (χ4v) is 3.41. The van der Waals surface area contributed by atoms with Crippen molar-refractivity contribution in [2.75, 3.05) is 5.32 Å². The molecule has 0 atom stereocenters. The van der Waals surface area contributed by atoms with Crippen LogP contribution in [0, 0.1) is 0 Å². The Kier molecular flexibility index (Phi) is 4.03. The molecule has 2 rings (SSSR count). The highest BCUT2D eigenvalue weighted by atomic mass is 79.9. The third-order valence-corrected chi connectivity index (χ3v) is 3.76. The van der Waals surface area contributed by atoms with Gasteiger partial charge in [-0.05, 0) is 48.8 Å². The van der Waals surface area contributed by atoms with Crippen molar-refractivity contribution in [2.45, 2.75) is 26.4 Å². The maximum absolute atomic E-state index is 11.7. The minimum atomic E-state index is -0.537. The summed E-state index contributed by atoms with van der Waals surface area (Å²) in [7, 11) is 0. The van der Waals surface area contributed by atoms with E-state index < -0.39 is 11.7 Å². The Balaban J connectivity index is 2.23. The number of benzene rings is 1. The van der Waals surface area contributed by atoms with E-state index in [1.165, 1.54) is 11.3 Å². The van der Waals surface area contributed by atoms with Gasteiger partial charge in [0.15, 0.2) is 5.13 Å². The van der Waals surface area contributed by atoms with Gasteiger partial charge in [-0.2, -0.15) is 0 Å². The lowest BCUT2D eigenvalue weighted by Crippen LogP contribution is -2.27. The fraction of sp³-hybridized carbons (Fsp3) is 0.333. The van der Waals surface area contributed by atoms with Gasteiger partial charge in [-0.15, -0.1) is 0 Å². The number of carbonyl (C=O) groups excluding carboxylic acids is 1. The van der Waals surface area contributed by atoms with E-state index >= 15 is 0 Å². The Hall–Kier alpha value is -0.850. The second kappa shape index (κ2) is 5.26. The van der Waals surface area contributed by atoms with Gasteiger partial charge in [0.1, 0.15) is 5.60 Å². The molecule has 0 saturated carbocycles. The summed E-state index contributed by atoms with van der Waals surface area (Å²) in [6.45, 7) is 5.42. The first-order chi connectivity index (χ1) is 8.74. The number of nitrogens with one attached hydrogen (secondary N) is 1. The first-order valence-corrected chi connectivity index (χ1v) is 7.49. The van der Waals surface area contributed by atoms with Gasteiger partial charge in [0.2, 0.25) is 0 Å². The Morgan fingerprint density at radius 3 is 2.79 bits per heavy atom. The summed E-state index contributed by atoms with van der Waals surface area (Å²) < 4.78 is 6.86. The monoisotopic (exact) mass is 362 g/mol. The average Bonchev–Trinajstić information content (AvgIpc) is 2.56. The van der Waals surface area contributed by atoms with Gasteiger partial charge in [0, 0.05) is 9.50 Å². The van der Waals surface area contributed by atoms with Crippen LogP contribution in [0.2, 0.25) is 5.02 Å². The van der Waals surface area contributed by atoms with Crippen molar-refractivity contribution in [1.29, 1.82) is 0 Å². The highest BCUT2D eigenvalue weighted by molar-refractivity contribution is 9.10. The number of amides is 1. The molecule has 0 unspecified atom stereocenters. The minimum absolute atomic E-state index is 0.479. The molecule has 0 bridgehead atoms. The molecule has 0 aliphatic rings. The number of aromatic nitrogens is 1. The van der Waals surface area contributed by atoms with Gasteiger partial charge in [0.25, 0.3) is 0 Å². The zero-order valence-electron chi connectivity index (χ0n) is 10.6. The Bertz CT molecular complexity index is 636. The molecule has 1 heterocycles. The molecule has 1 amide bonds. The van der Waals surface area contributed by atoms with Crippen molar-refractivity contribution in [3.05, 3.63) is 21.6 Å². The van der Waals surface area contributed by atoms with E-state index in [0.29, 0.717) is 10.2 Å². The molecule has 0 spiro atoms. The molecule has 2 aromatic rings. The number of rotatable bonds is 1. The highest BCUT2D eigenvalue weighted by Crippen LogP contribution is 2.34. The number of halogens is 2. The van der Waals surface area contributed by atoms with E-state index in [1.807, 2.05) is 0 Å². The van der Waals surface area contributed by atoms with Crippen LogP contribution in [0.1, 0.15) is 20.8 Å². The van der Waals surface area contributed by atoms with Crippen molar-refractivity contribution in [3.8, 4) is 0 Å². The zero-order valence-corrected chi connectivity index (χ0v) is 13.7. The maximum Gasteiger partial charge on any atom is 0.413 e. The first-order valence-electron chi connectivity index (χ1n) is 5.50. The Morgan fingerprint density at radius 2 is 2.16 bits per heavy atom. The quantitative estimate of drug-likeness (QED) is 0.770. The lowest BCUT2D eigenvalue weighted by molar-refractivity contribution is 0.0636. The van der Waals surface area contributed by atoms with E-state index in [1.54, 1.807) is 32.9 Å². The number of ether oxygens (including phenoxy) is 1. The van der Waals surface area contributed by atoms with Crippen LogP contribution in [0.3, 0.4) is 0 Å². The first kappa shape index (κ1) is 14.6. The summed E-state index contributed by atoms with van der Waals surface area (Å²) >= 11 is 10.7. The smallest absolute Gasteiger partial charge is 0.413 e. The summed E-state index contributed by atoms with van der Waals surface area (Å²) in [4.78, 5) is 16.0. The molecule has 1 aromatic carbocycles. The second-order valence-corrected chi connectivity index (χ2v) is 7.20. The molecule has 0 aliphatic carbocycles. The topological polar surface area (TPSA) is 51.2 Å². The minimum Gasteiger partial charge on any atom is -0.444 e. The highest BCUT2D eigenvalue weighted by Gasteiger charge is 2.18. The van der Waals surface area contributed by atoms with Crippen LogP contribution >= 0.6 is 38.9 Å². The lowest BCUT2D eigenvalue weighted by Gasteiger charge is -2.18. The molecule has 7 heteroatoms. The molecule has 19 heavy (non-hydrogen) atoms. The largest absolute Gasteiger partial charge is 0.444 e. The number of thiazole rings is 1. The summed E-state index contributed by atoms with van der Waals surface area (Å²) in [5, 5.41) is 3.71. The van der Waals surface area contributed by atoms with Gasteiger partial charge >= 0.3 is 6.09 Å². The molecule has 1 N–H and O–H groups in total. The number of carbonyl (C=O) groups is 1. The van der Waals surface area contributed by atoms with Crippen molar-refractivity contribution in [2.24, 2.45) is 0 Å². The summed E-state index contributed by atoms with van der Waals surface area (Å²) in [5.41, 5.74) is 0.227. The summed E-state index contributed by atoms with van der Waals surface area (Å²) in [6.07, 6.45) is -0.520. The molecule has 102 valence electrons. The molecule has 0 aliphatic heterocycles.